The van der Waals surface area contributed by atoms with Crippen molar-refractivity contribution in [2.45, 2.75) is 6.92 Å². The van der Waals surface area contributed by atoms with E-state index < -0.39 is 0 Å². The van der Waals surface area contributed by atoms with Crippen molar-refractivity contribution >= 4 is 12.0 Å². The lowest BCUT2D eigenvalue weighted by Gasteiger charge is -2.33. The van der Waals surface area contributed by atoms with Crippen LogP contribution in [0.1, 0.15) is 17.6 Å². The highest BCUT2D eigenvalue weighted by molar-refractivity contribution is 5.90. The average molecular weight is 360 g/mol. The molecule has 0 unspecified atom stereocenters. The van der Waals surface area contributed by atoms with E-state index in [0.29, 0.717) is 44.1 Å². The van der Waals surface area contributed by atoms with Crippen LogP contribution in [0.25, 0.3) is 11.5 Å². The molecule has 0 saturated carbocycles. The SMILES string of the molecule is CCOC(=O)N1CCN(C(=O)c2nnc(-c3ccccc3OC)o2)CC1. The number of piperazine rings is 1. The van der Waals surface area contributed by atoms with Gasteiger partial charge in [0.05, 0.1) is 19.3 Å². The third kappa shape index (κ3) is 3.61. The first-order valence-electron chi connectivity index (χ1n) is 8.32. The molecule has 2 heterocycles. The summed E-state index contributed by atoms with van der Waals surface area (Å²) in [5.41, 5.74) is 0.619. The predicted octanol–water partition coefficient (Wildman–Crippen LogP) is 1.66. The van der Waals surface area contributed by atoms with E-state index in [0.717, 1.165) is 0 Å². The first-order chi connectivity index (χ1) is 12.6. The number of carbonyl (C=O) groups excluding carboxylic acids is 2. The zero-order valence-electron chi connectivity index (χ0n) is 14.7. The molecule has 2 aromatic rings. The van der Waals surface area contributed by atoms with E-state index in [1.54, 1.807) is 36.0 Å². The molecule has 1 aromatic carbocycles. The Bertz CT molecular complexity index is 783. The molecule has 3 rings (SSSR count). The van der Waals surface area contributed by atoms with Gasteiger partial charge in [0.1, 0.15) is 5.75 Å². The van der Waals surface area contributed by atoms with Crippen LogP contribution >= 0.6 is 0 Å². The second-order valence-corrected chi connectivity index (χ2v) is 5.59. The molecular formula is C17H20N4O5. The highest BCUT2D eigenvalue weighted by Gasteiger charge is 2.28. The predicted molar refractivity (Wildman–Crippen MR) is 90.8 cm³/mol. The van der Waals surface area contributed by atoms with E-state index in [-0.39, 0.29) is 23.8 Å². The zero-order chi connectivity index (χ0) is 18.5. The fourth-order valence-corrected chi connectivity index (χ4v) is 2.68. The first kappa shape index (κ1) is 17.7. The fourth-order valence-electron chi connectivity index (χ4n) is 2.68. The van der Waals surface area contributed by atoms with E-state index in [1.165, 1.54) is 0 Å². The Morgan fingerprint density at radius 1 is 1.12 bits per heavy atom. The fraction of sp³-hybridized carbons (Fsp3) is 0.412. The number of carbonyl (C=O) groups is 2. The Balaban J connectivity index is 1.67. The van der Waals surface area contributed by atoms with Gasteiger partial charge in [-0.2, -0.15) is 0 Å². The van der Waals surface area contributed by atoms with Crippen LogP contribution in [-0.4, -0.2) is 71.9 Å². The Kier molecular flexibility index (Phi) is 5.35. The van der Waals surface area contributed by atoms with E-state index >= 15 is 0 Å². The molecular weight excluding hydrogens is 340 g/mol. The van der Waals surface area contributed by atoms with Gasteiger partial charge in [-0.1, -0.05) is 12.1 Å². The first-order valence-corrected chi connectivity index (χ1v) is 8.32. The van der Waals surface area contributed by atoms with Crippen molar-refractivity contribution in [1.82, 2.24) is 20.0 Å². The molecule has 9 nitrogen and oxygen atoms in total. The normalized spacial score (nSPS) is 14.2. The third-order valence-electron chi connectivity index (χ3n) is 4.04. The van der Waals surface area contributed by atoms with Gasteiger partial charge in [-0.05, 0) is 19.1 Å². The van der Waals surface area contributed by atoms with Crippen molar-refractivity contribution in [2.75, 3.05) is 39.9 Å². The smallest absolute Gasteiger partial charge is 0.409 e. The number of rotatable bonds is 4. The molecule has 0 N–H and O–H groups in total. The number of methoxy groups -OCH3 is 1. The van der Waals surface area contributed by atoms with Gasteiger partial charge in [0, 0.05) is 26.2 Å². The highest BCUT2D eigenvalue weighted by Crippen LogP contribution is 2.28. The molecule has 0 radical (unpaired) electrons. The Hall–Kier alpha value is -3.10. The molecule has 26 heavy (non-hydrogen) atoms. The van der Waals surface area contributed by atoms with Crippen LogP contribution < -0.4 is 4.74 Å². The quantitative estimate of drug-likeness (QED) is 0.818. The van der Waals surface area contributed by atoms with Crippen LogP contribution in [0.4, 0.5) is 4.79 Å². The molecule has 1 saturated heterocycles. The Morgan fingerprint density at radius 2 is 1.81 bits per heavy atom. The maximum absolute atomic E-state index is 12.6. The van der Waals surface area contributed by atoms with E-state index in [9.17, 15) is 9.59 Å². The second-order valence-electron chi connectivity index (χ2n) is 5.59. The monoisotopic (exact) mass is 360 g/mol. The minimum Gasteiger partial charge on any atom is -0.496 e. The molecule has 9 heteroatoms. The van der Waals surface area contributed by atoms with Crippen LogP contribution in [-0.2, 0) is 4.74 Å². The van der Waals surface area contributed by atoms with Crippen molar-refractivity contribution < 1.29 is 23.5 Å². The minimum atomic E-state index is -0.365. The standard InChI is InChI=1S/C17H20N4O5/c1-3-25-17(23)21-10-8-20(9-11-21)16(22)15-19-18-14(26-15)12-6-4-5-7-13(12)24-2/h4-7H,3,8-11H2,1-2H3. The number of amides is 2. The minimum absolute atomic E-state index is 0.0875. The maximum Gasteiger partial charge on any atom is 0.409 e. The Morgan fingerprint density at radius 3 is 2.50 bits per heavy atom. The van der Waals surface area contributed by atoms with Crippen LogP contribution in [0.15, 0.2) is 28.7 Å². The molecule has 0 spiro atoms. The summed E-state index contributed by atoms with van der Waals surface area (Å²) in [4.78, 5) is 27.4. The van der Waals surface area contributed by atoms with Gasteiger partial charge in [-0.3, -0.25) is 4.79 Å². The molecule has 1 aliphatic rings. The number of ether oxygens (including phenoxy) is 2. The number of benzene rings is 1. The van der Waals surface area contributed by atoms with Crippen molar-refractivity contribution in [3.8, 4) is 17.2 Å². The van der Waals surface area contributed by atoms with Crippen LogP contribution in [0, 0.1) is 0 Å². The van der Waals surface area contributed by atoms with Crippen LogP contribution in [0.3, 0.4) is 0 Å². The van der Waals surface area contributed by atoms with E-state index in [2.05, 4.69) is 10.2 Å². The van der Waals surface area contributed by atoms with Crippen LogP contribution in [0.2, 0.25) is 0 Å². The average Bonchev–Trinajstić information content (AvgIpc) is 3.17. The van der Waals surface area contributed by atoms with E-state index in [1.807, 2.05) is 12.1 Å². The zero-order valence-corrected chi connectivity index (χ0v) is 14.7. The third-order valence-corrected chi connectivity index (χ3v) is 4.04. The van der Waals surface area contributed by atoms with Gasteiger partial charge in [-0.25, -0.2) is 4.79 Å². The number of nitrogens with zero attached hydrogens (tertiary/aromatic N) is 4. The van der Waals surface area contributed by atoms with Gasteiger partial charge in [0.25, 0.3) is 5.89 Å². The van der Waals surface area contributed by atoms with Crippen molar-refractivity contribution in [3.63, 3.8) is 0 Å². The van der Waals surface area contributed by atoms with Gasteiger partial charge in [0.2, 0.25) is 0 Å². The summed E-state index contributed by atoms with van der Waals surface area (Å²) in [5, 5.41) is 7.81. The number of aromatic nitrogens is 2. The van der Waals surface area contributed by atoms with Crippen LogP contribution in [0.5, 0.6) is 5.75 Å². The van der Waals surface area contributed by atoms with Gasteiger partial charge in [-0.15, -0.1) is 10.2 Å². The van der Waals surface area contributed by atoms with Gasteiger partial charge in [0.15, 0.2) is 0 Å². The lowest BCUT2D eigenvalue weighted by atomic mass is 10.2. The summed E-state index contributed by atoms with van der Waals surface area (Å²) in [6, 6.07) is 7.19. The molecule has 0 atom stereocenters. The lowest BCUT2D eigenvalue weighted by Crippen LogP contribution is -2.50. The number of hydrogen-bond donors (Lipinski definition) is 0. The number of hydrogen-bond acceptors (Lipinski definition) is 7. The summed E-state index contributed by atoms with van der Waals surface area (Å²) in [7, 11) is 1.55. The molecule has 0 aliphatic carbocycles. The molecule has 2 amide bonds. The summed E-state index contributed by atoms with van der Waals surface area (Å²) < 4.78 is 15.8. The van der Waals surface area contributed by atoms with Crippen molar-refractivity contribution in [2.24, 2.45) is 0 Å². The van der Waals surface area contributed by atoms with E-state index in [4.69, 9.17) is 13.9 Å². The largest absolute Gasteiger partial charge is 0.496 e. The van der Waals surface area contributed by atoms with Crippen molar-refractivity contribution in [3.05, 3.63) is 30.2 Å². The maximum atomic E-state index is 12.6. The second kappa shape index (κ2) is 7.85. The summed E-state index contributed by atoms with van der Waals surface area (Å²) in [6.45, 7) is 3.64. The lowest BCUT2D eigenvalue weighted by molar-refractivity contribution is 0.0540. The molecule has 1 aromatic heterocycles. The Labute approximate surface area is 150 Å². The number of para-hydroxylation sites is 1. The van der Waals surface area contributed by atoms with Crippen molar-refractivity contribution in [1.29, 1.82) is 0 Å². The summed E-state index contributed by atoms with van der Waals surface area (Å²) in [5.74, 6) is 0.354. The molecule has 1 aliphatic heterocycles. The topological polar surface area (TPSA) is 98.0 Å². The van der Waals surface area contributed by atoms with Gasteiger partial charge >= 0.3 is 17.9 Å². The summed E-state index contributed by atoms with van der Waals surface area (Å²) >= 11 is 0. The summed E-state index contributed by atoms with van der Waals surface area (Å²) in [6.07, 6.45) is -0.365. The highest BCUT2D eigenvalue weighted by atomic mass is 16.6. The molecule has 0 bridgehead atoms. The molecule has 138 valence electrons. The van der Waals surface area contributed by atoms with Gasteiger partial charge < -0.3 is 23.7 Å². The molecule has 1 fully saturated rings.